The van der Waals surface area contributed by atoms with E-state index in [0.29, 0.717) is 13.2 Å². The number of nitrogens with one attached hydrogen (secondary N) is 1. The standard InChI is InChI=1S/C22H24N4O3/c1-2-28-22(27)24-21-23-20-10-6-9-19(26(20)25-21)17-11-13-18(14-12-17)29-15-16-7-4-3-5-8-16/h3-5,7-8,11-14,19H,2,6,9-10,15H2,1H3,(H,24,25,27). The van der Waals surface area contributed by atoms with Crippen molar-refractivity contribution in [3.05, 3.63) is 71.5 Å². The smallest absolute Gasteiger partial charge is 0.414 e. The van der Waals surface area contributed by atoms with Gasteiger partial charge in [-0.3, -0.25) is 5.32 Å². The highest BCUT2D eigenvalue weighted by Gasteiger charge is 2.25. The molecule has 0 saturated heterocycles. The zero-order valence-electron chi connectivity index (χ0n) is 16.4. The summed E-state index contributed by atoms with van der Waals surface area (Å²) >= 11 is 0. The van der Waals surface area contributed by atoms with Crippen molar-refractivity contribution in [2.75, 3.05) is 11.9 Å². The third-order valence-corrected chi connectivity index (χ3v) is 4.88. The fourth-order valence-corrected chi connectivity index (χ4v) is 3.50. The zero-order chi connectivity index (χ0) is 20.1. The first kappa shape index (κ1) is 19.0. The summed E-state index contributed by atoms with van der Waals surface area (Å²) in [6.45, 7) is 2.61. The summed E-state index contributed by atoms with van der Waals surface area (Å²) < 4.78 is 12.7. The number of aromatic nitrogens is 3. The van der Waals surface area contributed by atoms with Crippen LogP contribution in [-0.2, 0) is 17.8 Å². The first-order chi connectivity index (χ1) is 14.2. The molecule has 0 saturated carbocycles. The average molecular weight is 392 g/mol. The van der Waals surface area contributed by atoms with E-state index >= 15 is 0 Å². The molecule has 1 aliphatic heterocycles. The van der Waals surface area contributed by atoms with Gasteiger partial charge in [-0.05, 0) is 43.0 Å². The van der Waals surface area contributed by atoms with E-state index in [4.69, 9.17) is 9.47 Å². The van der Waals surface area contributed by atoms with Crippen LogP contribution in [0.2, 0.25) is 0 Å². The van der Waals surface area contributed by atoms with Crippen LogP contribution in [0.25, 0.3) is 0 Å². The molecule has 0 aliphatic carbocycles. The van der Waals surface area contributed by atoms with Crippen LogP contribution in [0.1, 0.15) is 42.8 Å². The van der Waals surface area contributed by atoms with Gasteiger partial charge in [0, 0.05) is 6.42 Å². The van der Waals surface area contributed by atoms with Crippen LogP contribution < -0.4 is 10.1 Å². The van der Waals surface area contributed by atoms with Crippen LogP contribution in [0.5, 0.6) is 5.75 Å². The van der Waals surface area contributed by atoms with Crippen molar-refractivity contribution in [2.24, 2.45) is 0 Å². The third kappa shape index (κ3) is 4.56. The summed E-state index contributed by atoms with van der Waals surface area (Å²) in [6, 6.07) is 18.3. The van der Waals surface area contributed by atoms with E-state index in [-0.39, 0.29) is 12.0 Å². The predicted molar refractivity (Wildman–Crippen MR) is 109 cm³/mol. The Hall–Kier alpha value is -3.35. The Balaban J connectivity index is 1.45. The van der Waals surface area contributed by atoms with Gasteiger partial charge in [0.1, 0.15) is 18.2 Å². The highest BCUT2D eigenvalue weighted by atomic mass is 16.5. The molecule has 1 atom stereocenters. The van der Waals surface area contributed by atoms with Crippen LogP contribution in [0.15, 0.2) is 54.6 Å². The van der Waals surface area contributed by atoms with Gasteiger partial charge in [-0.1, -0.05) is 42.5 Å². The average Bonchev–Trinajstić information content (AvgIpc) is 3.16. The molecule has 3 aromatic rings. The molecule has 7 nitrogen and oxygen atoms in total. The van der Waals surface area contributed by atoms with Gasteiger partial charge in [0.2, 0.25) is 0 Å². The monoisotopic (exact) mass is 392 g/mol. The summed E-state index contributed by atoms with van der Waals surface area (Å²) in [6.07, 6.45) is 2.30. The highest BCUT2D eigenvalue weighted by Crippen LogP contribution is 2.31. The van der Waals surface area contributed by atoms with E-state index < -0.39 is 6.09 Å². The normalized spacial score (nSPS) is 15.4. The minimum atomic E-state index is -0.535. The largest absolute Gasteiger partial charge is 0.489 e. The van der Waals surface area contributed by atoms with E-state index in [1.807, 2.05) is 47.1 Å². The van der Waals surface area contributed by atoms with Crippen LogP contribution in [0.4, 0.5) is 10.7 Å². The van der Waals surface area contributed by atoms with Gasteiger partial charge in [0.05, 0.1) is 12.6 Å². The number of benzene rings is 2. The number of rotatable bonds is 6. The van der Waals surface area contributed by atoms with Crippen LogP contribution in [0, 0.1) is 0 Å². The molecule has 1 aromatic heterocycles. The molecule has 1 unspecified atom stereocenters. The number of fused-ring (bicyclic) bond motifs is 1. The molecule has 29 heavy (non-hydrogen) atoms. The van der Waals surface area contributed by atoms with Crippen LogP contribution in [0.3, 0.4) is 0 Å². The fourth-order valence-electron chi connectivity index (χ4n) is 3.50. The molecule has 4 rings (SSSR count). The molecule has 0 fully saturated rings. The lowest BCUT2D eigenvalue weighted by atomic mass is 9.98. The molecule has 0 spiro atoms. The van der Waals surface area contributed by atoms with Crippen molar-refractivity contribution < 1.29 is 14.3 Å². The van der Waals surface area contributed by atoms with Gasteiger partial charge >= 0.3 is 6.09 Å². The van der Waals surface area contributed by atoms with Crippen molar-refractivity contribution in [3.63, 3.8) is 0 Å². The number of nitrogens with zero attached hydrogens (tertiary/aromatic N) is 3. The van der Waals surface area contributed by atoms with E-state index in [1.54, 1.807) is 6.92 Å². The Kier molecular flexibility index (Phi) is 5.74. The highest BCUT2D eigenvalue weighted by molar-refractivity contribution is 5.82. The second-order valence-corrected chi connectivity index (χ2v) is 6.89. The Bertz CT molecular complexity index is 954. The van der Waals surface area contributed by atoms with E-state index in [1.165, 1.54) is 0 Å². The molecule has 2 heterocycles. The van der Waals surface area contributed by atoms with Crippen molar-refractivity contribution >= 4 is 12.0 Å². The van der Waals surface area contributed by atoms with Gasteiger partial charge in [-0.15, -0.1) is 5.10 Å². The maximum Gasteiger partial charge on any atom is 0.414 e. The maximum atomic E-state index is 11.6. The van der Waals surface area contributed by atoms with E-state index in [0.717, 1.165) is 42.0 Å². The van der Waals surface area contributed by atoms with Gasteiger partial charge in [0.15, 0.2) is 0 Å². The molecule has 0 radical (unpaired) electrons. The number of carbonyl (C=O) groups is 1. The Labute approximate surface area is 169 Å². The molecule has 1 aliphatic rings. The van der Waals surface area contributed by atoms with E-state index in [2.05, 4.69) is 27.5 Å². The SMILES string of the molecule is CCOC(=O)Nc1nc2n(n1)C(c1ccc(OCc3ccccc3)cc1)CCC2. The van der Waals surface area contributed by atoms with Crippen LogP contribution >= 0.6 is 0 Å². The summed E-state index contributed by atoms with van der Waals surface area (Å²) in [5.74, 6) is 1.99. The van der Waals surface area contributed by atoms with Crippen molar-refractivity contribution in [1.29, 1.82) is 0 Å². The first-order valence-corrected chi connectivity index (χ1v) is 9.89. The zero-order valence-corrected chi connectivity index (χ0v) is 16.4. The Morgan fingerprint density at radius 3 is 2.72 bits per heavy atom. The molecule has 1 amide bonds. The molecule has 1 N–H and O–H groups in total. The summed E-state index contributed by atoms with van der Waals surface area (Å²) in [5, 5.41) is 7.08. The lowest BCUT2D eigenvalue weighted by Gasteiger charge is -2.23. The number of amides is 1. The minimum absolute atomic E-state index is 0.0900. The number of ether oxygens (including phenoxy) is 2. The van der Waals surface area contributed by atoms with Gasteiger partial charge in [-0.2, -0.15) is 4.98 Å². The summed E-state index contributed by atoms with van der Waals surface area (Å²) in [4.78, 5) is 16.1. The number of carbonyl (C=O) groups excluding carboxylic acids is 1. The summed E-state index contributed by atoms with van der Waals surface area (Å²) in [7, 11) is 0. The summed E-state index contributed by atoms with van der Waals surface area (Å²) in [5.41, 5.74) is 2.28. The minimum Gasteiger partial charge on any atom is -0.489 e. The third-order valence-electron chi connectivity index (χ3n) is 4.88. The molecule has 0 bridgehead atoms. The molecule has 150 valence electrons. The number of hydrogen-bond acceptors (Lipinski definition) is 5. The van der Waals surface area contributed by atoms with Crippen molar-refractivity contribution in [2.45, 2.75) is 38.8 Å². The molecule has 2 aromatic carbocycles. The van der Waals surface area contributed by atoms with Crippen molar-refractivity contribution in [3.8, 4) is 5.75 Å². The van der Waals surface area contributed by atoms with Crippen molar-refractivity contribution in [1.82, 2.24) is 14.8 Å². The molecular weight excluding hydrogens is 368 g/mol. The quantitative estimate of drug-likeness (QED) is 0.675. The van der Waals surface area contributed by atoms with Gasteiger partial charge in [0.25, 0.3) is 5.95 Å². The number of aryl methyl sites for hydroxylation is 1. The van der Waals surface area contributed by atoms with Crippen LogP contribution in [-0.4, -0.2) is 27.5 Å². The van der Waals surface area contributed by atoms with Gasteiger partial charge < -0.3 is 9.47 Å². The molecular formula is C22H24N4O3. The van der Waals surface area contributed by atoms with E-state index in [9.17, 15) is 4.79 Å². The topological polar surface area (TPSA) is 78.3 Å². The lowest BCUT2D eigenvalue weighted by molar-refractivity contribution is 0.167. The second-order valence-electron chi connectivity index (χ2n) is 6.89. The number of hydrogen-bond donors (Lipinski definition) is 1. The second kappa shape index (κ2) is 8.77. The fraction of sp³-hybridized carbons (Fsp3) is 0.318. The predicted octanol–water partition coefficient (Wildman–Crippen LogP) is 4.35. The molecule has 7 heteroatoms. The lowest BCUT2D eigenvalue weighted by Crippen LogP contribution is -2.20. The van der Waals surface area contributed by atoms with Gasteiger partial charge in [-0.25, -0.2) is 9.48 Å². The number of anilines is 1. The first-order valence-electron chi connectivity index (χ1n) is 9.89. The Morgan fingerprint density at radius 2 is 1.97 bits per heavy atom. The maximum absolute atomic E-state index is 11.6. The Morgan fingerprint density at radius 1 is 1.17 bits per heavy atom.